The topological polar surface area (TPSA) is 61.3 Å². The van der Waals surface area contributed by atoms with Crippen LogP contribution in [0.1, 0.15) is 16.9 Å². The number of H-pyrrole nitrogens is 1. The van der Waals surface area contributed by atoms with Crippen LogP contribution in [0.4, 0.5) is 10.1 Å². The highest BCUT2D eigenvalue weighted by atomic mass is 32.1. The lowest BCUT2D eigenvalue weighted by molar-refractivity contribution is 0.359. The maximum atomic E-state index is 13.2. The van der Waals surface area contributed by atoms with Gasteiger partial charge >= 0.3 is 0 Å². The number of benzene rings is 2. The van der Waals surface area contributed by atoms with E-state index in [1.807, 2.05) is 42.2 Å². The van der Waals surface area contributed by atoms with Crippen molar-refractivity contribution in [3.63, 3.8) is 0 Å². The molecule has 0 unspecified atom stereocenters. The first-order chi connectivity index (χ1) is 14.5. The summed E-state index contributed by atoms with van der Waals surface area (Å²) in [6, 6.07) is 17.4. The minimum absolute atomic E-state index is 0.161. The number of furan rings is 1. The van der Waals surface area contributed by atoms with E-state index in [4.69, 9.17) is 16.6 Å². The molecule has 0 atom stereocenters. The molecule has 0 radical (unpaired) electrons. The molecule has 30 heavy (non-hydrogen) atoms. The SMILES string of the molecule is Cc1cccc2cc(CN(Cc3ccco3)C(=S)Nc3ccc(F)cc3)c(=O)[nH]c12. The molecule has 2 aromatic carbocycles. The van der Waals surface area contributed by atoms with E-state index in [1.54, 1.807) is 24.5 Å². The third kappa shape index (κ3) is 4.41. The zero-order chi connectivity index (χ0) is 21.1. The van der Waals surface area contributed by atoms with Crippen molar-refractivity contribution in [3.05, 3.63) is 100.0 Å². The summed E-state index contributed by atoms with van der Waals surface area (Å²) in [5.41, 5.74) is 2.93. The van der Waals surface area contributed by atoms with Crippen LogP contribution in [0.15, 0.2) is 76.1 Å². The fourth-order valence-corrected chi connectivity index (χ4v) is 3.52. The molecule has 0 amide bonds. The Morgan fingerprint density at radius 2 is 1.93 bits per heavy atom. The number of pyridine rings is 1. The number of rotatable bonds is 5. The van der Waals surface area contributed by atoms with Gasteiger partial charge < -0.3 is 19.6 Å². The van der Waals surface area contributed by atoms with Crippen LogP contribution in [0.25, 0.3) is 10.9 Å². The van der Waals surface area contributed by atoms with E-state index >= 15 is 0 Å². The molecule has 4 aromatic rings. The number of nitrogens with one attached hydrogen (secondary N) is 2. The number of hydrogen-bond acceptors (Lipinski definition) is 3. The van der Waals surface area contributed by atoms with Gasteiger partial charge in [0.05, 0.1) is 24.9 Å². The van der Waals surface area contributed by atoms with Gasteiger partial charge in [-0.2, -0.15) is 0 Å². The second-order valence-electron chi connectivity index (χ2n) is 7.04. The Labute approximate surface area is 178 Å². The van der Waals surface area contributed by atoms with Gasteiger partial charge in [-0.3, -0.25) is 4.79 Å². The highest BCUT2D eigenvalue weighted by Gasteiger charge is 2.16. The highest BCUT2D eigenvalue weighted by Crippen LogP contribution is 2.18. The van der Waals surface area contributed by atoms with Crippen LogP contribution in [-0.4, -0.2) is 15.0 Å². The molecule has 0 aliphatic heterocycles. The summed E-state index contributed by atoms with van der Waals surface area (Å²) in [4.78, 5) is 17.5. The number of halogens is 1. The van der Waals surface area contributed by atoms with E-state index in [9.17, 15) is 9.18 Å². The summed E-state index contributed by atoms with van der Waals surface area (Å²) in [6.07, 6.45) is 1.59. The predicted molar refractivity (Wildman–Crippen MR) is 120 cm³/mol. The number of thiocarbonyl (C=S) groups is 1. The van der Waals surface area contributed by atoms with Crippen molar-refractivity contribution in [2.24, 2.45) is 0 Å². The van der Waals surface area contributed by atoms with Gasteiger partial charge in [0.15, 0.2) is 5.11 Å². The summed E-state index contributed by atoms with van der Waals surface area (Å²) in [6.45, 7) is 2.63. The monoisotopic (exact) mass is 421 g/mol. The fourth-order valence-electron chi connectivity index (χ4n) is 3.28. The normalized spacial score (nSPS) is 10.9. The second kappa shape index (κ2) is 8.51. The number of nitrogens with zero attached hydrogens (tertiary/aromatic N) is 1. The average molecular weight is 421 g/mol. The molecule has 5 nitrogen and oxygen atoms in total. The molecule has 0 aliphatic rings. The van der Waals surface area contributed by atoms with Gasteiger partial charge in [-0.25, -0.2) is 4.39 Å². The Morgan fingerprint density at radius 3 is 2.67 bits per heavy atom. The number of aromatic nitrogens is 1. The van der Waals surface area contributed by atoms with Gasteiger partial charge in [-0.05, 0) is 72.6 Å². The third-order valence-corrected chi connectivity index (χ3v) is 5.20. The van der Waals surface area contributed by atoms with Crippen LogP contribution < -0.4 is 10.9 Å². The van der Waals surface area contributed by atoms with Crippen LogP contribution in [0.3, 0.4) is 0 Å². The smallest absolute Gasteiger partial charge is 0.253 e. The van der Waals surface area contributed by atoms with Crippen LogP contribution in [0.2, 0.25) is 0 Å². The lowest BCUT2D eigenvalue weighted by Gasteiger charge is -2.25. The van der Waals surface area contributed by atoms with Gasteiger partial charge in [-0.15, -0.1) is 0 Å². The van der Waals surface area contributed by atoms with E-state index < -0.39 is 0 Å². The minimum atomic E-state index is -0.322. The summed E-state index contributed by atoms with van der Waals surface area (Å²) < 4.78 is 18.7. The molecule has 2 aromatic heterocycles. The molecular formula is C23H20FN3O2S. The third-order valence-electron chi connectivity index (χ3n) is 4.84. The molecule has 0 saturated carbocycles. The van der Waals surface area contributed by atoms with Crippen LogP contribution in [0, 0.1) is 12.7 Å². The van der Waals surface area contributed by atoms with Crippen molar-refractivity contribution < 1.29 is 8.81 Å². The van der Waals surface area contributed by atoms with Crippen molar-refractivity contribution in [3.8, 4) is 0 Å². The number of hydrogen-bond donors (Lipinski definition) is 2. The molecule has 0 fully saturated rings. The first-order valence-electron chi connectivity index (χ1n) is 9.45. The van der Waals surface area contributed by atoms with Gasteiger partial charge in [0.2, 0.25) is 0 Å². The number of fused-ring (bicyclic) bond motifs is 1. The van der Waals surface area contributed by atoms with E-state index in [1.165, 1.54) is 12.1 Å². The van der Waals surface area contributed by atoms with E-state index in [2.05, 4.69) is 10.3 Å². The maximum Gasteiger partial charge on any atom is 0.253 e. The summed E-state index contributed by atoms with van der Waals surface area (Å²) >= 11 is 5.59. The molecule has 152 valence electrons. The zero-order valence-corrected chi connectivity index (χ0v) is 17.1. The molecule has 2 N–H and O–H groups in total. The fraction of sp³-hybridized carbons (Fsp3) is 0.130. The molecular weight excluding hydrogens is 401 g/mol. The Morgan fingerprint density at radius 1 is 1.13 bits per heavy atom. The Kier molecular flexibility index (Phi) is 5.63. The lowest BCUT2D eigenvalue weighted by atomic mass is 10.1. The van der Waals surface area contributed by atoms with Crippen LogP contribution in [-0.2, 0) is 13.1 Å². The minimum Gasteiger partial charge on any atom is -0.467 e. The molecule has 0 aliphatic carbocycles. The van der Waals surface area contributed by atoms with Crippen molar-refractivity contribution >= 4 is 33.9 Å². The lowest BCUT2D eigenvalue weighted by Crippen LogP contribution is -2.35. The quantitative estimate of drug-likeness (QED) is 0.446. The first kappa shape index (κ1) is 19.8. The average Bonchev–Trinajstić information content (AvgIpc) is 3.24. The van der Waals surface area contributed by atoms with Gasteiger partial charge in [0.25, 0.3) is 5.56 Å². The molecule has 2 heterocycles. The summed E-state index contributed by atoms with van der Waals surface area (Å²) in [7, 11) is 0. The van der Waals surface area contributed by atoms with E-state index in [0.717, 1.165) is 16.5 Å². The second-order valence-corrected chi connectivity index (χ2v) is 7.42. The van der Waals surface area contributed by atoms with Gasteiger partial charge in [-0.1, -0.05) is 18.2 Å². The first-order valence-corrected chi connectivity index (χ1v) is 9.86. The van der Waals surface area contributed by atoms with Crippen LogP contribution >= 0.6 is 12.2 Å². The largest absolute Gasteiger partial charge is 0.467 e. The van der Waals surface area contributed by atoms with Gasteiger partial charge in [0, 0.05) is 11.3 Å². The standard InChI is InChI=1S/C23H20FN3O2S/c1-15-4-2-5-16-12-17(22(28)26-21(15)16)13-27(14-20-6-3-11-29-20)23(30)25-19-9-7-18(24)8-10-19/h2-12H,13-14H2,1H3,(H,25,30)(H,26,28). The number of aryl methyl sites for hydroxylation is 1. The van der Waals surface area contributed by atoms with Crippen molar-refractivity contribution in [2.45, 2.75) is 20.0 Å². The van der Waals surface area contributed by atoms with Crippen molar-refractivity contribution in [2.75, 3.05) is 5.32 Å². The number of aromatic amines is 1. The van der Waals surface area contributed by atoms with Crippen molar-refractivity contribution in [1.82, 2.24) is 9.88 Å². The zero-order valence-electron chi connectivity index (χ0n) is 16.3. The molecule has 0 saturated heterocycles. The van der Waals surface area contributed by atoms with Crippen LogP contribution in [0.5, 0.6) is 0 Å². The molecule has 0 bridgehead atoms. The summed E-state index contributed by atoms with van der Waals surface area (Å²) in [5.74, 6) is 0.392. The van der Waals surface area contributed by atoms with Gasteiger partial charge in [0.1, 0.15) is 11.6 Å². The number of para-hydroxylation sites is 1. The van der Waals surface area contributed by atoms with E-state index in [-0.39, 0.29) is 17.9 Å². The Bertz CT molecular complexity index is 1230. The van der Waals surface area contributed by atoms with E-state index in [0.29, 0.717) is 28.7 Å². The van der Waals surface area contributed by atoms with Crippen molar-refractivity contribution in [1.29, 1.82) is 0 Å². The Hall–Kier alpha value is -3.45. The molecule has 7 heteroatoms. The Balaban J connectivity index is 1.63. The summed E-state index contributed by atoms with van der Waals surface area (Å²) in [5, 5.41) is 4.47. The maximum absolute atomic E-state index is 13.2. The predicted octanol–water partition coefficient (Wildman–Crippen LogP) is 4.97. The molecule has 4 rings (SSSR count). The highest BCUT2D eigenvalue weighted by molar-refractivity contribution is 7.80. The molecule has 0 spiro atoms. The number of anilines is 1.